The number of methoxy groups -OCH3 is 1. The first-order valence-corrected chi connectivity index (χ1v) is 8.27. The van der Waals surface area contributed by atoms with E-state index in [1.807, 2.05) is 6.07 Å². The van der Waals surface area contributed by atoms with Crippen LogP contribution >= 0.6 is 0 Å². The fourth-order valence-corrected chi connectivity index (χ4v) is 2.45. The van der Waals surface area contributed by atoms with Gasteiger partial charge in [0.25, 0.3) is 5.91 Å². The van der Waals surface area contributed by atoms with Crippen LogP contribution in [0, 0.1) is 0 Å². The van der Waals surface area contributed by atoms with E-state index in [-0.39, 0.29) is 12.0 Å². The van der Waals surface area contributed by atoms with Gasteiger partial charge in [-0.1, -0.05) is 18.2 Å². The fourth-order valence-electron chi connectivity index (χ4n) is 2.45. The molecule has 0 saturated carbocycles. The zero-order chi connectivity index (χ0) is 18.8. The maximum Gasteiger partial charge on any atom is 0.256 e. The monoisotopic (exact) mass is 360 g/mol. The number of nitrogens with one attached hydrogen (secondary N) is 2. The van der Waals surface area contributed by atoms with E-state index in [9.17, 15) is 9.59 Å². The van der Waals surface area contributed by atoms with E-state index in [1.54, 1.807) is 44.5 Å². The summed E-state index contributed by atoms with van der Waals surface area (Å²) >= 11 is 0. The minimum absolute atomic E-state index is 0.133. The molecule has 140 valence electrons. The third kappa shape index (κ3) is 5.76. The summed E-state index contributed by atoms with van der Waals surface area (Å²) in [5, 5.41) is 5.90. The molecule has 2 amide bonds. The molecule has 2 N–H and O–H groups in total. The van der Waals surface area contributed by atoms with Gasteiger partial charge in [-0.2, -0.15) is 0 Å². The summed E-state index contributed by atoms with van der Waals surface area (Å²) in [5.41, 5.74) is 0.525. The highest BCUT2D eigenvalue weighted by molar-refractivity contribution is 6.10. The molecule has 0 aliphatic carbocycles. The second-order valence-electron chi connectivity index (χ2n) is 5.62. The Morgan fingerprint density at radius 1 is 1.42 bits per heavy atom. The average Bonchev–Trinajstić information content (AvgIpc) is 2.68. The summed E-state index contributed by atoms with van der Waals surface area (Å²) < 4.78 is 10.9. The number of carbonyl (C=O) groups is 2. The lowest BCUT2D eigenvalue weighted by Crippen LogP contribution is -2.52. The fraction of sp³-hybridized carbons (Fsp3) is 0.389. The maximum absolute atomic E-state index is 12.2. The Kier molecular flexibility index (Phi) is 7.94. The molecule has 8 heteroatoms. The zero-order valence-corrected chi connectivity index (χ0v) is 14.9. The Hall–Kier alpha value is -2.55. The van der Waals surface area contributed by atoms with Crippen molar-refractivity contribution in [1.82, 2.24) is 15.5 Å². The third-order valence-electron chi connectivity index (χ3n) is 3.77. The normalized spacial score (nSPS) is 20.8. The van der Waals surface area contributed by atoms with Crippen LogP contribution in [0.5, 0.6) is 0 Å². The largest absolute Gasteiger partial charge is 0.382 e. The molecule has 2 atom stereocenters. The van der Waals surface area contributed by atoms with E-state index in [0.29, 0.717) is 37.5 Å². The van der Waals surface area contributed by atoms with E-state index < -0.39 is 6.23 Å². The molecule has 1 aromatic rings. The second kappa shape index (κ2) is 10.4. The van der Waals surface area contributed by atoms with Crippen molar-refractivity contribution in [3.05, 3.63) is 48.2 Å². The molecule has 0 aromatic heterocycles. The van der Waals surface area contributed by atoms with Crippen molar-refractivity contribution in [1.29, 1.82) is 0 Å². The highest BCUT2D eigenvalue weighted by atomic mass is 16.5. The lowest BCUT2D eigenvalue weighted by Gasteiger charge is -2.34. The molecule has 1 aliphatic rings. The lowest BCUT2D eigenvalue weighted by atomic mass is 10.2. The van der Waals surface area contributed by atoms with E-state index in [0.717, 1.165) is 0 Å². The van der Waals surface area contributed by atoms with Crippen LogP contribution in [0.4, 0.5) is 0 Å². The smallest absolute Gasteiger partial charge is 0.256 e. The molecule has 2 unspecified atom stereocenters. The van der Waals surface area contributed by atoms with Crippen LogP contribution in [0.15, 0.2) is 47.6 Å². The molecular formula is C18H24N4O4. The number of hydrogen-bond acceptors (Lipinski definition) is 6. The van der Waals surface area contributed by atoms with Crippen molar-refractivity contribution in [2.75, 3.05) is 33.9 Å². The van der Waals surface area contributed by atoms with Gasteiger partial charge in [0.05, 0.1) is 12.7 Å². The van der Waals surface area contributed by atoms with Crippen LogP contribution in [0.3, 0.4) is 0 Å². The van der Waals surface area contributed by atoms with E-state index in [2.05, 4.69) is 15.6 Å². The molecule has 1 saturated heterocycles. The number of ether oxygens (including phenoxy) is 2. The first kappa shape index (κ1) is 19.8. The van der Waals surface area contributed by atoms with Gasteiger partial charge in [0.1, 0.15) is 12.1 Å². The molecule has 1 aromatic carbocycles. The minimum atomic E-state index is -0.458. The average molecular weight is 360 g/mol. The molecule has 8 nitrogen and oxygen atoms in total. The zero-order valence-electron chi connectivity index (χ0n) is 14.9. The van der Waals surface area contributed by atoms with Gasteiger partial charge in [0, 0.05) is 39.0 Å². The molecule has 26 heavy (non-hydrogen) atoms. The number of benzene rings is 1. The van der Waals surface area contributed by atoms with E-state index in [4.69, 9.17) is 9.47 Å². The molecular weight excluding hydrogens is 336 g/mol. The van der Waals surface area contributed by atoms with Gasteiger partial charge in [-0.25, -0.2) is 0 Å². The molecule has 1 aliphatic heterocycles. The minimum Gasteiger partial charge on any atom is -0.382 e. The second-order valence-corrected chi connectivity index (χ2v) is 5.62. The van der Waals surface area contributed by atoms with Gasteiger partial charge in [-0.15, -0.1) is 0 Å². The van der Waals surface area contributed by atoms with Crippen molar-refractivity contribution >= 4 is 18.2 Å². The van der Waals surface area contributed by atoms with Crippen LogP contribution in [-0.2, 0) is 14.3 Å². The lowest BCUT2D eigenvalue weighted by molar-refractivity contribution is -0.143. The molecule has 1 heterocycles. The van der Waals surface area contributed by atoms with Crippen molar-refractivity contribution in [2.24, 2.45) is 4.99 Å². The highest BCUT2D eigenvalue weighted by Crippen LogP contribution is 2.08. The summed E-state index contributed by atoms with van der Waals surface area (Å²) in [7, 11) is 3.16. The Balaban J connectivity index is 1.97. The van der Waals surface area contributed by atoms with Crippen molar-refractivity contribution in [3.63, 3.8) is 0 Å². The van der Waals surface area contributed by atoms with Gasteiger partial charge in [0.2, 0.25) is 6.41 Å². The first-order chi connectivity index (χ1) is 12.7. The standard InChI is InChI=1S/C18H24N4O4/c1-19-16(21-18(24)14-6-4-3-5-7-14)8-9-22(13-23)17-11-20-10-15(26-17)12-25-2/h3-9,13,15,17,20H,10-12H2,1-2H3,(H,19,21,24)/b9-8-. The number of amidine groups is 1. The van der Waals surface area contributed by atoms with Crippen LogP contribution in [0.1, 0.15) is 10.4 Å². The molecule has 0 bridgehead atoms. The van der Waals surface area contributed by atoms with Gasteiger partial charge in [-0.05, 0) is 18.2 Å². The van der Waals surface area contributed by atoms with Gasteiger partial charge in [-0.3, -0.25) is 19.5 Å². The molecule has 0 spiro atoms. The number of hydrogen-bond donors (Lipinski definition) is 2. The third-order valence-corrected chi connectivity index (χ3v) is 3.77. The number of amides is 2. The summed E-state index contributed by atoms with van der Waals surface area (Å²) in [5.74, 6) is 0.0622. The highest BCUT2D eigenvalue weighted by Gasteiger charge is 2.25. The van der Waals surface area contributed by atoms with Gasteiger partial charge >= 0.3 is 0 Å². The maximum atomic E-state index is 12.2. The quantitative estimate of drug-likeness (QED) is 0.417. The predicted molar refractivity (Wildman–Crippen MR) is 97.7 cm³/mol. The molecule has 0 radical (unpaired) electrons. The van der Waals surface area contributed by atoms with Gasteiger partial charge < -0.3 is 20.1 Å². The predicted octanol–water partition coefficient (Wildman–Crippen LogP) is 0.378. The summed E-state index contributed by atoms with van der Waals surface area (Å²) in [6.07, 6.45) is 3.16. The van der Waals surface area contributed by atoms with Crippen molar-refractivity contribution in [2.45, 2.75) is 12.3 Å². The number of aliphatic imine (C=N–C) groups is 1. The Morgan fingerprint density at radius 2 is 2.19 bits per heavy atom. The summed E-state index contributed by atoms with van der Waals surface area (Å²) in [6, 6.07) is 8.82. The Morgan fingerprint density at radius 3 is 2.85 bits per heavy atom. The number of rotatable bonds is 7. The summed E-state index contributed by atoms with van der Waals surface area (Å²) in [6.45, 7) is 1.60. The molecule has 1 fully saturated rings. The van der Waals surface area contributed by atoms with E-state index >= 15 is 0 Å². The Labute approximate surface area is 152 Å². The van der Waals surface area contributed by atoms with E-state index in [1.165, 1.54) is 11.1 Å². The van der Waals surface area contributed by atoms with Crippen LogP contribution in [0.25, 0.3) is 0 Å². The number of nitrogens with zero attached hydrogens (tertiary/aromatic N) is 2. The SMILES string of the molecule is CN=C(/C=C\N(C=O)C1CNCC(COC)O1)NC(=O)c1ccccc1. The van der Waals surface area contributed by atoms with Crippen molar-refractivity contribution < 1.29 is 19.1 Å². The number of carbonyl (C=O) groups excluding carboxylic acids is 2. The van der Waals surface area contributed by atoms with Crippen LogP contribution in [0.2, 0.25) is 0 Å². The Bertz CT molecular complexity index is 646. The van der Waals surface area contributed by atoms with Crippen LogP contribution < -0.4 is 10.6 Å². The first-order valence-electron chi connectivity index (χ1n) is 8.27. The van der Waals surface area contributed by atoms with Crippen molar-refractivity contribution in [3.8, 4) is 0 Å². The van der Waals surface area contributed by atoms with Gasteiger partial charge in [0.15, 0.2) is 0 Å². The topological polar surface area (TPSA) is 92.3 Å². The summed E-state index contributed by atoms with van der Waals surface area (Å²) in [4.78, 5) is 29.0. The molecule has 2 rings (SSSR count). The number of morpholine rings is 1. The van der Waals surface area contributed by atoms with Crippen LogP contribution in [-0.4, -0.2) is 69.2 Å².